The highest BCUT2D eigenvalue weighted by Crippen LogP contribution is 2.32. The van der Waals surface area contributed by atoms with Gasteiger partial charge in [-0.15, -0.1) is 0 Å². The van der Waals surface area contributed by atoms with E-state index >= 15 is 0 Å². The van der Waals surface area contributed by atoms with Crippen LogP contribution in [0, 0.1) is 15.9 Å². The largest absolute Gasteiger partial charge is 0.482 e. The summed E-state index contributed by atoms with van der Waals surface area (Å²) in [6.07, 6.45) is 0. The van der Waals surface area contributed by atoms with Gasteiger partial charge in [0.25, 0.3) is 0 Å². The molecule has 7 nitrogen and oxygen atoms in total. The third kappa shape index (κ3) is 4.82. The molecule has 0 aliphatic heterocycles. The quantitative estimate of drug-likeness (QED) is 0.436. The van der Waals surface area contributed by atoms with Gasteiger partial charge in [0.1, 0.15) is 12.4 Å². The maximum atomic E-state index is 13.1. The summed E-state index contributed by atoms with van der Waals surface area (Å²) in [5.41, 5.74) is 0.131. The molecular weight excluding hydrogens is 443 g/mol. The molecule has 0 aliphatic carbocycles. The number of ether oxygens (including phenoxy) is 1. The van der Waals surface area contributed by atoms with E-state index in [-0.39, 0.29) is 30.3 Å². The lowest BCUT2D eigenvalue weighted by Gasteiger charge is -2.18. The molecule has 27 heavy (non-hydrogen) atoms. The molecule has 2 rings (SSSR count). The van der Waals surface area contributed by atoms with Crippen LogP contribution in [-0.4, -0.2) is 30.7 Å². The van der Waals surface area contributed by atoms with Crippen molar-refractivity contribution in [2.45, 2.75) is 25.3 Å². The molecule has 146 valence electrons. The van der Waals surface area contributed by atoms with Crippen LogP contribution in [0.5, 0.6) is 5.75 Å². The van der Waals surface area contributed by atoms with E-state index in [0.29, 0.717) is 10.0 Å². The minimum atomic E-state index is -3.83. The number of hydrogen-bond acceptors (Lipinski definition) is 5. The van der Waals surface area contributed by atoms with Crippen molar-refractivity contribution in [1.82, 2.24) is 4.31 Å². The van der Waals surface area contributed by atoms with E-state index in [1.807, 2.05) is 0 Å². The molecule has 0 aliphatic rings. The number of nitrogens with zero attached hydrogens (tertiary/aromatic N) is 2. The molecule has 0 fully saturated rings. The lowest BCUT2D eigenvalue weighted by atomic mass is 10.2. The Morgan fingerprint density at radius 3 is 2.41 bits per heavy atom. The first-order chi connectivity index (χ1) is 12.7. The van der Waals surface area contributed by atoms with Gasteiger partial charge in [-0.1, -0.05) is 35.8 Å². The molecule has 0 saturated heterocycles. The average Bonchev–Trinajstić information content (AvgIpc) is 2.61. The third-order valence-corrected chi connectivity index (χ3v) is 6.65. The molecule has 0 heterocycles. The van der Waals surface area contributed by atoms with Crippen molar-refractivity contribution in [2.75, 3.05) is 13.1 Å². The fourth-order valence-corrected chi connectivity index (χ4v) is 4.37. The number of rotatable bonds is 8. The number of sulfonamides is 1. The molecule has 0 atom stereocenters. The topological polar surface area (TPSA) is 89.8 Å². The van der Waals surface area contributed by atoms with Gasteiger partial charge in [0.05, 0.1) is 9.82 Å². The summed E-state index contributed by atoms with van der Waals surface area (Å²) in [4.78, 5) is 10.5. The van der Waals surface area contributed by atoms with E-state index in [1.54, 1.807) is 13.8 Å². The van der Waals surface area contributed by atoms with Crippen molar-refractivity contribution in [3.05, 3.63) is 62.4 Å². The SMILES string of the molecule is CCN(CC)S(=O)(=O)c1ccc(OCc2ccc(F)cc2Br)c([N+](=O)[O-])c1. The van der Waals surface area contributed by atoms with Gasteiger partial charge in [-0.25, -0.2) is 12.8 Å². The zero-order chi connectivity index (χ0) is 20.2. The summed E-state index contributed by atoms with van der Waals surface area (Å²) in [7, 11) is -3.83. The molecule has 2 aromatic carbocycles. The van der Waals surface area contributed by atoms with Gasteiger partial charge in [-0.2, -0.15) is 4.31 Å². The molecular formula is C17H18BrFN2O5S. The van der Waals surface area contributed by atoms with Crippen molar-refractivity contribution in [3.8, 4) is 5.75 Å². The summed E-state index contributed by atoms with van der Waals surface area (Å²) < 4.78 is 45.4. The minimum absolute atomic E-state index is 0.0517. The summed E-state index contributed by atoms with van der Waals surface area (Å²) in [5, 5.41) is 11.4. The Morgan fingerprint density at radius 2 is 1.85 bits per heavy atom. The molecule has 0 radical (unpaired) electrons. The van der Waals surface area contributed by atoms with Crippen LogP contribution >= 0.6 is 15.9 Å². The first kappa shape index (κ1) is 21.3. The highest BCUT2D eigenvalue weighted by atomic mass is 79.9. The Kier molecular flexibility index (Phi) is 6.90. The zero-order valence-electron chi connectivity index (χ0n) is 14.7. The second-order valence-corrected chi connectivity index (χ2v) is 8.29. The van der Waals surface area contributed by atoms with Crippen LogP contribution in [0.25, 0.3) is 0 Å². The lowest BCUT2D eigenvalue weighted by molar-refractivity contribution is -0.386. The van der Waals surface area contributed by atoms with Crippen LogP contribution in [0.3, 0.4) is 0 Å². The Balaban J connectivity index is 2.34. The van der Waals surface area contributed by atoms with Gasteiger partial charge in [0.15, 0.2) is 5.75 Å². The number of benzene rings is 2. The molecule has 10 heteroatoms. The zero-order valence-corrected chi connectivity index (χ0v) is 17.1. The van der Waals surface area contributed by atoms with Gasteiger partial charge in [0.2, 0.25) is 10.0 Å². The number of nitro groups is 1. The molecule has 0 spiro atoms. The standard InChI is InChI=1S/C17H18BrFN2O5S/c1-3-20(4-2)27(24,25)14-7-8-17(16(10-14)21(22)23)26-11-12-5-6-13(19)9-15(12)18/h5-10H,3-4,11H2,1-2H3. The average molecular weight is 461 g/mol. The first-order valence-corrected chi connectivity index (χ1v) is 10.3. The normalized spacial score (nSPS) is 11.6. The van der Waals surface area contributed by atoms with Crippen LogP contribution in [0.15, 0.2) is 45.8 Å². The van der Waals surface area contributed by atoms with E-state index in [0.717, 1.165) is 6.07 Å². The highest BCUT2D eigenvalue weighted by molar-refractivity contribution is 9.10. The van der Waals surface area contributed by atoms with Crippen LogP contribution < -0.4 is 4.74 Å². The van der Waals surface area contributed by atoms with Crippen molar-refractivity contribution >= 4 is 31.6 Å². The van der Waals surface area contributed by atoms with Gasteiger partial charge in [-0.3, -0.25) is 10.1 Å². The van der Waals surface area contributed by atoms with Gasteiger partial charge >= 0.3 is 5.69 Å². The summed E-state index contributed by atoms with van der Waals surface area (Å²) in [6, 6.07) is 7.51. The Hall–Kier alpha value is -2.04. The first-order valence-electron chi connectivity index (χ1n) is 8.06. The maximum Gasteiger partial charge on any atom is 0.312 e. The van der Waals surface area contributed by atoms with Crippen LogP contribution in [0.2, 0.25) is 0 Å². The van der Waals surface area contributed by atoms with Gasteiger partial charge in [-0.05, 0) is 24.3 Å². The minimum Gasteiger partial charge on any atom is -0.482 e. The van der Waals surface area contributed by atoms with Crippen molar-refractivity contribution in [3.63, 3.8) is 0 Å². The Labute approximate surface area is 165 Å². The molecule has 2 aromatic rings. The van der Waals surface area contributed by atoms with E-state index in [2.05, 4.69) is 15.9 Å². The predicted octanol–water partition coefficient (Wildman–Crippen LogP) is 4.11. The summed E-state index contributed by atoms with van der Waals surface area (Å²) in [5.74, 6) is -0.503. The van der Waals surface area contributed by atoms with Crippen molar-refractivity contribution in [1.29, 1.82) is 0 Å². The predicted molar refractivity (Wildman–Crippen MR) is 102 cm³/mol. The Bertz CT molecular complexity index is 948. The van der Waals surface area contributed by atoms with Crippen LogP contribution in [0.1, 0.15) is 19.4 Å². The van der Waals surface area contributed by atoms with Crippen LogP contribution in [-0.2, 0) is 16.6 Å². The molecule has 0 amide bonds. The number of halogens is 2. The number of nitro benzene ring substituents is 1. The monoisotopic (exact) mass is 460 g/mol. The smallest absolute Gasteiger partial charge is 0.312 e. The maximum absolute atomic E-state index is 13.1. The van der Waals surface area contributed by atoms with Crippen molar-refractivity contribution < 1.29 is 22.5 Å². The fraction of sp³-hybridized carbons (Fsp3) is 0.294. The second-order valence-electron chi connectivity index (χ2n) is 5.50. The molecule has 0 saturated carbocycles. The second kappa shape index (κ2) is 8.77. The fourth-order valence-electron chi connectivity index (χ4n) is 2.43. The summed E-state index contributed by atoms with van der Waals surface area (Å²) in [6.45, 7) is 3.83. The van der Waals surface area contributed by atoms with E-state index < -0.39 is 26.5 Å². The number of hydrogen-bond donors (Lipinski definition) is 0. The van der Waals surface area contributed by atoms with Gasteiger partial charge < -0.3 is 4.74 Å². The molecule has 0 bridgehead atoms. The third-order valence-electron chi connectivity index (χ3n) is 3.87. The molecule has 0 unspecified atom stereocenters. The van der Waals surface area contributed by atoms with Crippen molar-refractivity contribution in [2.24, 2.45) is 0 Å². The summed E-state index contributed by atoms with van der Waals surface area (Å²) >= 11 is 3.20. The Morgan fingerprint density at radius 1 is 1.19 bits per heavy atom. The van der Waals surface area contributed by atoms with Gasteiger partial charge in [0, 0.05) is 29.2 Å². The van der Waals surface area contributed by atoms with E-state index in [9.17, 15) is 22.9 Å². The molecule has 0 N–H and O–H groups in total. The lowest BCUT2D eigenvalue weighted by Crippen LogP contribution is -2.30. The van der Waals surface area contributed by atoms with E-state index in [1.165, 1.54) is 34.6 Å². The van der Waals surface area contributed by atoms with Crippen LogP contribution in [0.4, 0.5) is 10.1 Å². The molecule has 0 aromatic heterocycles. The highest BCUT2D eigenvalue weighted by Gasteiger charge is 2.26. The van der Waals surface area contributed by atoms with E-state index in [4.69, 9.17) is 4.74 Å².